The number of carbonyl (C=O) groups is 1. The number of amides is 1. The molecule has 8 nitrogen and oxygen atoms in total. The van der Waals surface area contributed by atoms with E-state index in [0.717, 1.165) is 46.2 Å². The van der Waals surface area contributed by atoms with Gasteiger partial charge in [0.05, 0.1) is 18.0 Å². The molecule has 2 aliphatic heterocycles. The summed E-state index contributed by atoms with van der Waals surface area (Å²) in [5.41, 5.74) is 5.11. The molecule has 0 N–H and O–H groups in total. The average molecular weight is 541 g/mol. The van der Waals surface area contributed by atoms with Crippen LogP contribution in [-0.4, -0.2) is 70.7 Å². The fourth-order valence-electron chi connectivity index (χ4n) is 5.52. The summed E-state index contributed by atoms with van der Waals surface area (Å²) in [7, 11) is 0. The molecule has 1 unspecified atom stereocenters. The number of fused-ring (bicyclic) bond motifs is 2. The van der Waals surface area contributed by atoms with Crippen LogP contribution < -0.4 is 9.47 Å². The Hall–Kier alpha value is -3.88. The largest absolute Gasteiger partial charge is 0.486 e. The number of hydrogen-bond donors (Lipinski definition) is 0. The van der Waals surface area contributed by atoms with Gasteiger partial charge in [0.25, 0.3) is 5.91 Å². The standard InChI is InChI=1S/C32H36N4O4/c1-23(2)19-35(20-24-11-12-27-28(18-24)40-17-16-39-27)32(37)29-22-34(14-15-38-29)21-26-31(25-8-4-3-5-9-25)33-30-10-6-7-13-36(26)30/h3-13,18,23,29H,14-17,19-22H2,1-2H3. The van der Waals surface area contributed by atoms with Crippen LogP contribution in [0.3, 0.4) is 0 Å². The van der Waals surface area contributed by atoms with E-state index in [0.29, 0.717) is 51.9 Å². The minimum absolute atomic E-state index is 0.0229. The maximum Gasteiger partial charge on any atom is 0.253 e. The third-order valence-electron chi connectivity index (χ3n) is 7.35. The van der Waals surface area contributed by atoms with Gasteiger partial charge in [-0.2, -0.15) is 0 Å². The van der Waals surface area contributed by atoms with E-state index in [1.54, 1.807) is 0 Å². The molecule has 2 aliphatic rings. The molecule has 1 atom stereocenters. The number of aromatic nitrogens is 2. The smallest absolute Gasteiger partial charge is 0.253 e. The minimum atomic E-state index is -0.524. The Bertz CT molecular complexity index is 1470. The third-order valence-corrected chi connectivity index (χ3v) is 7.35. The highest BCUT2D eigenvalue weighted by atomic mass is 16.6. The van der Waals surface area contributed by atoms with E-state index in [9.17, 15) is 4.79 Å². The van der Waals surface area contributed by atoms with Crippen molar-refractivity contribution in [3.8, 4) is 22.8 Å². The van der Waals surface area contributed by atoms with Gasteiger partial charge in [-0.25, -0.2) is 4.98 Å². The molecule has 1 amide bonds. The first kappa shape index (κ1) is 26.3. The van der Waals surface area contributed by atoms with Gasteiger partial charge >= 0.3 is 0 Å². The van der Waals surface area contributed by atoms with Crippen molar-refractivity contribution in [2.75, 3.05) is 39.5 Å². The summed E-state index contributed by atoms with van der Waals surface area (Å²) in [6.45, 7) is 8.98. The molecule has 4 aromatic rings. The fourth-order valence-corrected chi connectivity index (χ4v) is 5.52. The van der Waals surface area contributed by atoms with Gasteiger partial charge in [-0.3, -0.25) is 9.69 Å². The summed E-state index contributed by atoms with van der Waals surface area (Å²) in [4.78, 5) is 23.1. The Kier molecular flexibility index (Phi) is 7.71. The topological polar surface area (TPSA) is 68.5 Å². The van der Waals surface area contributed by atoms with Crippen LogP contribution in [0.1, 0.15) is 25.1 Å². The Morgan fingerprint density at radius 2 is 1.80 bits per heavy atom. The molecule has 4 heterocycles. The zero-order valence-electron chi connectivity index (χ0n) is 23.2. The molecule has 2 aromatic heterocycles. The summed E-state index contributed by atoms with van der Waals surface area (Å²) in [5.74, 6) is 1.84. The maximum atomic E-state index is 13.9. The van der Waals surface area contributed by atoms with Crippen LogP contribution in [0.5, 0.6) is 11.5 Å². The highest BCUT2D eigenvalue weighted by molar-refractivity contribution is 5.81. The van der Waals surface area contributed by atoms with Gasteiger partial charge in [0, 0.05) is 44.5 Å². The van der Waals surface area contributed by atoms with Crippen molar-refractivity contribution in [3.63, 3.8) is 0 Å². The lowest BCUT2D eigenvalue weighted by Gasteiger charge is -2.35. The van der Waals surface area contributed by atoms with Crippen LogP contribution >= 0.6 is 0 Å². The minimum Gasteiger partial charge on any atom is -0.486 e. The second-order valence-electron chi connectivity index (χ2n) is 10.9. The Morgan fingerprint density at radius 3 is 2.62 bits per heavy atom. The Balaban J connectivity index is 1.21. The lowest BCUT2D eigenvalue weighted by Crippen LogP contribution is -2.51. The van der Waals surface area contributed by atoms with E-state index < -0.39 is 6.10 Å². The summed E-state index contributed by atoms with van der Waals surface area (Å²) < 4.78 is 19.7. The van der Waals surface area contributed by atoms with Gasteiger partial charge in [-0.1, -0.05) is 56.3 Å². The summed E-state index contributed by atoms with van der Waals surface area (Å²) in [6, 6.07) is 22.3. The van der Waals surface area contributed by atoms with E-state index in [-0.39, 0.29) is 5.91 Å². The number of morpholine rings is 1. The lowest BCUT2D eigenvalue weighted by molar-refractivity contribution is -0.151. The number of nitrogens with zero attached hydrogens (tertiary/aromatic N) is 4. The van der Waals surface area contributed by atoms with Crippen LogP contribution in [0.2, 0.25) is 0 Å². The van der Waals surface area contributed by atoms with E-state index >= 15 is 0 Å². The number of benzene rings is 2. The first-order valence-corrected chi connectivity index (χ1v) is 14.1. The SMILES string of the molecule is CC(C)CN(Cc1ccc2c(c1)OCCO2)C(=O)C1CN(Cc2c(-c3ccccc3)nc3ccccn23)CCO1. The lowest BCUT2D eigenvalue weighted by atomic mass is 10.1. The van der Waals surface area contributed by atoms with Crippen LogP contribution in [0.25, 0.3) is 16.9 Å². The van der Waals surface area contributed by atoms with Crippen molar-refractivity contribution in [2.24, 2.45) is 5.92 Å². The van der Waals surface area contributed by atoms with Gasteiger partial charge in [0.2, 0.25) is 0 Å². The molecule has 0 aliphatic carbocycles. The molecule has 40 heavy (non-hydrogen) atoms. The third kappa shape index (κ3) is 5.69. The first-order chi connectivity index (χ1) is 19.5. The molecule has 0 saturated carbocycles. The van der Waals surface area contributed by atoms with Crippen LogP contribution in [0.15, 0.2) is 72.9 Å². The van der Waals surface area contributed by atoms with Crippen molar-refractivity contribution in [1.82, 2.24) is 19.2 Å². The van der Waals surface area contributed by atoms with Gasteiger partial charge in [0.1, 0.15) is 25.0 Å². The molecule has 1 saturated heterocycles. The number of rotatable bonds is 8. The molecular weight excluding hydrogens is 504 g/mol. The molecule has 0 bridgehead atoms. The monoisotopic (exact) mass is 540 g/mol. The number of ether oxygens (including phenoxy) is 3. The van der Waals surface area contributed by atoms with Gasteiger partial charge < -0.3 is 23.5 Å². The predicted molar refractivity (Wildman–Crippen MR) is 153 cm³/mol. The van der Waals surface area contributed by atoms with E-state index in [1.807, 2.05) is 59.5 Å². The normalized spacial score (nSPS) is 17.3. The van der Waals surface area contributed by atoms with Crippen molar-refractivity contribution in [3.05, 3.63) is 84.2 Å². The van der Waals surface area contributed by atoms with Crippen molar-refractivity contribution in [2.45, 2.75) is 33.0 Å². The second-order valence-corrected chi connectivity index (χ2v) is 10.9. The Morgan fingerprint density at radius 1 is 1.00 bits per heavy atom. The highest BCUT2D eigenvalue weighted by Gasteiger charge is 2.32. The highest BCUT2D eigenvalue weighted by Crippen LogP contribution is 2.31. The number of pyridine rings is 1. The molecular formula is C32H36N4O4. The molecule has 208 valence electrons. The van der Waals surface area contributed by atoms with Gasteiger partial charge in [0.15, 0.2) is 11.5 Å². The van der Waals surface area contributed by atoms with Gasteiger partial charge in [-0.05, 0) is 35.7 Å². The summed E-state index contributed by atoms with van der Waals surface area (Å²) >= 11 is 0. The summed E-state index contributed by atoms with van der Waals surface area (Å²) in [5, 5.41) is 0. The number of hydrogen-bond acceptors (Lipinski definition) is 6. The molecule has 6 rings (SSSR count). The van der Waals surface area contributed by atoms with Gasteiger partial charge in [-0.15, -0.1) is 0 Å². The van der Waals surface area contributed by atoms with Crippen molar-refractivity contribution < 1.29 is 19.0 Å². The number of imidazole rings is 1. The fraction of sp³-hybridized carbons (Fsp3) is 0.375. The van der Waals surface area contributed by atoms with Crippen LogP contribution in [-0.2, 0) is 22.6 Å². The van der Waals surface area contributed by atoms with Crippen molar-refractivity contribution >= 4 is 11.6 Å². The Labute approximate surface area is 235 Å². The average Bonchev–Trinajstić information content (AvgIpc) is 3.35. The predicted octanol–water partition coefficient (Wildman–Crippen LogP) is 4.66. The second kappa shape index (κ2) is 11.7. The van der Waals surface area contributed by atoms with E-state index in [1.165, 1.54) is 0 Å². The van der Waals surface area contributed by atoms with Crippen LogP contribution in [0.4, 0.5) is 0 Å². The van der Waals surface area contributed by atoms with E-state index in [4.69, 9.17) is 19.2 Å². The van der Waals surface area contributed by atoms with Crippen LogP contribution in [0, 0.1) is 5.92 Å². The molecule has 0 spiro atoms. The summed E-state index contributed by atoms with van der Waals surface area (Å²) in [6.07, 6.45) is 1.54. The molecule has 1 fully saturated rings. The molecule has 2 aromatic carbocycles. The quantitative estimate of drug-likeness (QED) is 0.324. The zero-order chi connectivity index (χ0) is 27.5. The van der Waals surface area contributed by atoms with Crippen molar-refractivity contribution in [1.29, 1.82) is 0 Å². The number of carbonyl (C=O) groups excluding carboxylic acids is 1. The first-order valence-electron chi connectivity index (χ1n) is 14.1. The zero-order valence-corrected chi connectivity index (χ0v) is 23.2. The molecule has 0 radical (unpaired) electrons. The van der Waals surface area contributed by atoms with E-state index in [2.05, 4.69) is 41.5 Å². The molecule has 8 heteroatoms. The maximum absolute atomic E-state index is 13.9.